The maximum Gasteiger partial charge on any atom is 0.424 e. The van der Waals surface area contributed by atoms with Crippen molar-refractivity contribution in [3.63, 3.8) is 0 Å². The van der Waals surface area contributed by atoms with Gasteiger partial charge in [0.25, 0.3) is 0 Å². The lowest BCUT2D eigenvalue weighted by atomic mass is 10.0. The van der Waals surface area contributed by atoms with Gasteiger partial charge in [0.1, 0.15) is 11.2 Å². The van der Waals surface area contributed by atoms with Crippen LogP contribution in [0.25, 0.3) is 11.1 Å². The van der Waals surface area contributed by atoms with E-state index in [2.05, 4.69) is 25.9 Å². The van der Waals surface area contributed by atoms with Gasteiger partial charge in [0.05, 0.1) is 30.3 Å². The Labute approximate surface area is 300 Å². The van der Waals surface area contributed by atoms with Crippen LogP contribution in [-0.4, -0.2) is 46.5 Å². The first-order chi connectivity index (χ1) is 24.2. The zero-order valence-corrected chi connectivity index (χ0v) is 30.8. The van der Waals surface area contributed by atoms with Crippen molar-refractivity contribution in [2.75, 3.05) is 17.3 Å². The number of amides is 4. The third kappa shape index (κ3) is 13.3. The maximum atomic E-state index is 13.9. The molecule has 2 aromatic carbocycles. The summed E-state index contributed by atoms with van der Waals surface area (Å²) >= 11 is 0. The highest BCUT2D eigenvalue weighted by atomic mass is 19.4. The molecular weight excluding hydrogens is 687 g/mol. The Bertz CT molecular complexity index is 1690. The monoisotopic (exact) mass is 733 g/mol. The second kappa shape index (κ2) is 18.1. The molecule has 0 radical (unpaired) electrons. The number of hydrogen-bond donors (Lipinski definition) is 4. The summed E-state index contributed by atoms with van der Waals surface area (Å²) in [6.45, 7) is 15.2. The van der Waals surface area contributed by atoms with E-state index in [1.54, 1.807) is 6.20 Å². The summed E-state index contributed by atoms with van der Waals surface area (Å²) in [5, 5.41) is 7.40. The predicted octanol–water partition coefficient (Wildman–Crippen LogP) is 7.78. The molecule has 0 atom stereocenters. The van der Waals surface area contributed by atoms with Gasteiger partial charge in [0, 0.05) is 24.0 Å². The number of rotatable bonds is 9. The van der Waals surface area contributed by atoms with E-state index in [1.165, 1.54) is 54.9 Å². The zero-order valence-electron chi connectivity index (χ0n) is 30.8. The van der Waals surface area contributed by atoms with Crippen LogP contribution in [0.5, 0.6) is 6.01 Å². The number of carbonyl (C=O) groups is 3. The van der Waals surface area contributed by atoms with Gasteiger partial charge in [-0.25, -0.2) is 19.4 Å². The van der Waals surface area contributed by atoms with Crippen molar-refractivity contribution >= 4 is 29.6 Å². The van der Waals surface area contributed by atoms with Crippen LogP contribution in [0.3, 0.4) is 0 Å². The van der Waals surface area contributed by atoms with Crippen LogP contribution in [0, 0.1) is 6.92 Å². The number of nitrogens with one attached hydrogen (secondary N) is 3. The van der Waals surface area contributed by atoms with Crippen molar-refractivity contribution in [1.29, 1.82) is 0 Å². The number of benzene rings is 2. The minimum Gasteiger partial charge on any atom is -0.467 e. The summed E-state index contributed by atoms with van der Waals surface area (Å²) in [6, 6.07) is 8.79. The number of imide groups is 1. The van der Waals surface area contributed by atoms with Crippen LogP contribution in [0.15, 0.2) is 60.7 Å². The number of alkyl halides is 3. The molecule has 0 saturated carbocycles. The number of methoxy groups -OCH3 is 1. The summed E-state index contributed by atoms with van der Waals surface area (Å²) in [6.07, 6.45) is -4.63. The number of nitrogens with two attached hydrogens (primary N) is 1. The zero-order chi connectivity index (χ0) is 39.4. The van der Waals surface area contributed by atoms with E-state index >= 15 is 0 Å². The molecule has 4 amide bonds. The minimum absolute atomic E-state index is 0.265. The van der Waals surface area contributed by atoms with Gasteiger partial charge in [-0.3, -0.25) is 5.32 Å². The molecule has 5 N–H and O–H groups in total. The molecular formula is C35H46F3N7O7. The number of carbonyl (C=O) groups excluding carboxylic acids is 3. The fourth-order valence-electron chi connectivity index (χ4n) is 4.14. The average molecular weight is 734 g/mol. The largest absolute Gasteiger partial charge is 0.467 e. The fraction of sp³-hybridized carbons (Fsp3) is 0.400. The van der Waals surface area contributed by atoms with Crippen molar-refractivity contribution in [3.05, 3.63) is 77.6 Å². The summed E-state index contributed by atoms with van der Waals surface area (Å²) in [4.78, 5) is 52.3. The Morgan fingerprint density at radius 2 is 1.50 bits per heavy atom. The molecule has 284 valence electrons. The van der Waals surface area contributed by atoms with Gasteiger partial charge in [0.2, 0.25) is 5.88 Å². The first-order valence-electron chi connectivity index (χ1n) is 16.0. The second-order valence-corrected chi connectivity index (χ2v) is 12.7. The van der Waals surface area contributed by atoms with Gasteiger partial charge in [-0.1, -0.05) is 38.1 Å². The molecule has 0 fully saturated rings. The number of urea groups is 1. The third-order valence-corrected chi connectivity index (χ3v) is 6.22. The van der Waals surface area contributed by atoms with Crippen LogP contribution >= 0.6 is 0 Å². The summed E-state index contributed by atoms with van der Waals surface area (Å²) in [5.41, 5.74) is -1.24. The van der Waals surface area contributed by atoms with Gasteiger partial charge >= 0.3 is 30.4 Å². The topological polar surface area (TPSA) is 179 Å². The highest BCUT2D eigenvalue weighted by molar-refractivity contribution is 6.10. The Morgan fingerprint density at radius 1 is 0.923 bits per heavy atom. The van der Waals surface area contributed by atoms with E-state index in [9.17, 15) is 27.6 Å². The molecule has 0 aliphatic carbocycles. The average Bonchev–Trinajstić information content (AvgIpc) is 3.03. The number of nitrogens with zero attached hydrogens (tertiary/aromatic N) is 3. The molecule has 0 bridgehead atoms. The van der Waals surface area contributed by atoms with Crippen molar-refractivity contribution in [2.45, 2.75) is 86.2 Å². The number of halogens is 3. The number of ether oxygens (including phenoxy) is 3. The highest BCUT2D eigenvalue weighted by Crippen LogP contribution is 2.35. The Balaban J connectivity index is 0.00000460. The number of anilines is 2. The Morgan fingerprint density at radius 3 is 1.98 bits per heavy atom. The smallest absolute Gasteiger partial charge is 0.424 e. The second-order valence-electron chi connectivity index (χ2n) is 12.7. The molecule has 14 nitrogen and oxygen atoms in total. The van der Waals surface area contributed by atoms with E-state index in [4.69, 9.17) is 24.9 Å². The van der Waals surface area contributed by atoms with Crippen LogP contribution < -0.4 is 31.5 Å². The lowest BCUT2D eigenvalue weighted by molar-refractivity contribution is -0.137. The highest BCUT2D eigenvalue weighted by Gasteiger charge is 2.36. The Kier molecular flexibility index (Phi) is 14.8. The predicted molar refractivity (Wildman–Crippen MR) is 189 cm³/mol. The first kappa shape index (κ1) is 42.6. The maximum absolute atomic E-state index is 13.9. The molecule has 1 heterocycles. The molecule has 0 aliphatic heterocycles. The standard InChI is InChI=1S/C33H40F3N7O7.C2H6/c1-19-25(17-39-28(40-19)47-8)21-11-9-20(10-12-21)16-38-18-26(50-37)42-27(44)41-23-13-22(33(34,35)36)14-24(15-23)43(29(45)48-31(2,3)4)30(46)49-32(5,6)7;1-2/h9-15,17-18,38H,16,37H2,1-8H3,(H2,41,42,44);1-2H3/b26-18-;. The van der Waals surface area contributed by atoms with Crippen LogP contribution in [0.1, 0.15) is 72.2 Å². The van der Waals surface area contributed by atoms with Gasteiger partial charge in [-0.05, 0) is 77.8 Å². The van der Waals surface area contributed by atoms with Crippen LogP contribution in [0.4, 0.5) is 38.9 Å². The van der Waals surface area contributed by atoms with Gasteiger partial charge in [-0.15, -0.1) is 0 Å². The van der Waals surface area contributed by atoms with Gasteiger partial charge in [-0.2, -0.15) is 29.0 Å². The number of hydrogen-bond acceptors (Lipinski definition) is 11. The first-order valence-corrected chi connectivity index (χ1v) is 16.0. The van der Waals surface area contributed by atoms with E-state index in [0.717, 1.165) is 28.5 Å². The van der Waals surface area contributed by atoms with E-state index in [-0.39, 0.29) is 18.4 Å². The van der Waals surface area contributed by atoms with Crippen molar-refractivity contribution in [2.24, 2.45) is 5.90 Å². The molecule has 52 heavy (non-hydrogen) atoms. The SMILES string of the molecule is CC.COc1ncc(-c2ccc(CN/C=C(/NC(=O)Nc3cc(N(C(=O)OC(C)(C)C)C(=O)OC(C)(C)C)cc(C(F)(F)F)c3)ON)cc2)c(C)n1. The molecule has 1 aromatic heterocycles. The summed E-state index contributed by atoms with van der Waals surface area (Å²) in [5.74, 6) is 5.01. The molecule has 0 unspecified atom stereocenters. The molecule has 0 aliphatic rings. The van der Waals surface area contributed by atoms with E-state index in [0.29, 0.717) is 17.0 Å². The summed E-state index contributed by atoms with van der Waals surface area (Å²) in [7, 11) is 1.48. The van der Waals surface area contributed by atoms with Crippen LogP contribution in [-0.2, 0) is 27.0 Å². The van der Waals surface area contributed by atoms with E-state index in [1.807, 2.05) is 45.0 Å². The molecule has 0 saturated heterocycles. The lowest BCUT2D eigenvalue weighted by Gasteiger charge is -2.29. The third-order valence-electron chi connectivity index (χ3n) is 6.22. The van der Waals surface area contributed by atoms with Gasteiger partial charge in [0.15, 0.2) is 0 Å². The lowest BCUT2D eigenvalue weighted by Crippen LogP contribution is -2.44. The van der Waals surface area contributed by atoms with E-state index < -0.39 is 52.5 Å². The van der Waals surface area contributed by atoms with Gasteiger partial charge < -0.3 is 29.7 Å². The quantitative estimate of drug-likeness (QED) is 0.125. The fourth-order valence-corrected chi connectivity index (χ4v) is 4.14. The van der Waals surface area contributed by atoms with Crippen LogP contribution in [0.2, 0.25) is 0 Å². The Hall–Kier alpha value is -5.58. The molecule has 3 rings (SSSR count). The minimum atomic E-state index is -4.94. The van der Waals surface area contributed by atoms with Crippen molar-refractivity contribution in [1.82, 2.24) is 20.6 Å². The number of aryl methyl sites for hydroxylation is 1. The van der Waals surface area contributed by atoms with Crippen molar-refractivity contribution in [3.8, 4) is 17.1 Å². The molecule has 3 aromatic rings. The molecule has 17 heteroatoms. The molecule has 0 spiro atoms. The normalized spacial score (nSPS) is 11.7. The van der Waals surface area contributed by atoms with Crippen molar-refractivity contribution < 1.29 is 46.6 Å². The summed E-state index contributed by atoms with van der Waals surface area (Å²) < 4.78 is 57.4. The number of aromatic nitrogens is 2.